The lowest BCUT2D eigenvalue weighted by atomic mass is 9.99. The second-order valence-electron chi connectivity index (χ2n) is 9.00. The molecule has 3 aromatic rings. The van der Waals surface area contributed by atoms with Gasteiger partial charge in [0.05, 0.1) is 41.6 Å². The van der Waals surface area contributed by atoms with E-state index in [1.165, 1.54) is 17.7 Å². The van der Waals surface area contributed by atoms with E-state index >= 15 is 0 Å². The topological polar surface area (TPSA) is 121 Å². The molecule has 0 aliphatic carbocycles. The molecule has 11 heteroatoms. The molecule has 0 saturated heterocycles. The molecule has 1 aliphatic rings. The molecule has 0 unspecified atom stereocenters. The molecule has 2 N–H and O–H groups in total. The first-order valence-corrected chi connectivity index (χ1v) is 13.6. The number of carbonyl (C=O) groups is 2. The maximum Gasteiger partial charge on any atom is 0.337 e. The lowest BCUT2D eigenvalue weighted by Gasteiger charge is -2.24. The average Bonchev–Trinajstić information content (AvgIpc) is 3.21. The Morgan fingerprint density at radius 2 is 1.68 bits per heavy atom. The molecule has 10 nitrogen and oxygen atoms in total. The molecule has 0 radical (unpaired) electrons. The van der Waals surface area contributed by atoms with Crippen LogP contribution in [-0.4, -0.2) is 70.7 Å². The van der Waals surface area contributed by atoms with Crippen LogP contribution < -0.4 is 14.9 Å². The number of methoxy groups -OCH3 is 1. The summed E-state index contributed by atoms with van der Waals surface area (Å²) in [6, 6.07) is 15.4. The molecule has 0 spiro atoms. The van der Waals surface area contributed by atoms with E-state index < -0.39 is 16.0 Å². The molecule has 1 aliphatic heterocycles. The zero-order valence-corrected chi connectivity index (χ0v) is 22.4. The van der Waals surface area contributed by atoms with Gasteiger partial charge in [-0.15, -0.1) is 0 Å². The molecular formula is C27H29N5O5S. The minimum Gasteiger partial charge on any atom is -0.465 e. The minimum absolute atomic E-state index is 0.315. The summed E-state index contributed by atoms with van der Waals surface area (Å²) in [5, 5.41) is 6.16. The summed E-state index contributed by atoms with van der Waals surface area (Å²) in [5.41, 5.74) is 4.31. The molecule has 198 valence electrons. The van der Waals surface area contributed by atoms with E-state index in [0.717, 1.165) is 5.56 Å². The van der Waals surface area contributed by atoms with Gasteiger partial charge in [0, 0.05) is 42.3 Å². The maximum atomic E-state index is 13.1. The van der Waals surface area contributed by atoms with Gasteiger partial charge in [0.25, 0.3) is 5.91 Å². The van der Waals surface area contributed by atoms with Gasteiger partial charge in [-0.3, -0.25) is 14.1 Å². The molecule has 0 bridgehead atoms. The number of sulfonamides is 1. The first kappa shape index (κ1) is 26.8. The number of aromatic nitrogens is 1. The standard InChI is InChI=1S/C27H29N5O5S/c1-31(2)15-16-32(38(4,35)36)21-8-6-20(7-9-21)29-25(18-11-13-28-14-12-18)24-22-10-5-19(27(34)37-3)17-23(22)30-26(24)33/h5-14,17,29H,15-16H2,1-4H3,(H,30,33). The molecule has 1 amide bonds. The fourth-order valence-corrected chi connectivity index (χ4v) is 5.01. The van der Waals surface area contributed by atoms with Crippen LogP contribution in [0.2, 0.25) is 0 Å². The zero-order valence-electron chi connectivity index (χ0n) is 21.6. The molecular weight excluding hydrogens is 506 g/mol. The maximum absolute atomic E-state index is 13.1. The van der Waals surface area contributed by atoms with E-state index in [1.54, 1.807) is 67.0 Å². The molecule has 0 atom stereocenters. The number of benzene rings is 2. The highest BCUT2D eigenvalue weighted by Crippen LogP contribution is 2.38. The van der Waals surface area contributed by atoms with Gasteiger partial charge in [-0.1, -0.05) is 6.07 Å². The highest BCUT2D eigenvalue weighted by atomic mass is 32.2. The van der Waals surface area contributed by atoms with Crippen molar-refractivity contribution in [3.63, 3.8) is 0 Å². The van der Waals surface area contributed by atoms with Crippen LogP contribution in [0.5, 0.6) is 0 Å². The molecule has 2 aromatic carbocycles. The smallest absolute Gasteiger partial charge is 0.337 e. The summed E-state index contributed by atoms with van der Waals surface area (Å²) in [6.07, 6.45) is 4.44. The van der Waals surface area contributed by atoms with Crippen molar-refractivity contribution in [1.82, 2.24) is 9.88 Å². The Morgan fingerprint density at radius 1 is 1.00 bits per heavy atom. The third-order valence-electron chi connectivity index (χ3n) is 5.98. The van der Waals surface area contributed by atoms with Gasteiger partial charge in [0.15, 0.2) is 0 Å². The largest absolute Gasteiger partial charge is 0.465 e. The van der Waals surface area contributed by atoms with Crippen LogP contribution in [0.3, 0.4) is 0 Å². The van der Waals surface area contributed by atoms with Crippen molar-refractivity contribution in [3.8, 4) is 0 Å². The molecule has 38 heavy (non-hydrogen) atoms. The predicted molar refractivity (Wildman–Crippen MR) is 148 cm³/mol. The van der Waals surface area contributed by atoms with Crippen molar-refractivity contribution in [3.05, 3.63) is 83.7 Å². The Labute approximate surface area is 222 Å². The lowest BCUT2D eigenvalue weighted by Crippen LogP contribution is -2.35. The van der Waals surface area contributed by atoms with Crippen molar-refractivity contribution in [2.24, 2.45) is 0 Å². The molecule has 4 rings (SSSR count). The number of carbonyl (C=O) groups excluding carboxylic acids is 2. The van der Waals surface area contributed by atoms with E-state index in [9.17, 15) is 18.0 Å². The number of anilines is 3. The predicted octanol–water partition coefficient (Wildman–Crippen LogP) is 3.13. The Kier molecular flexibility index (Phi) is 7.79. The number of pyridine rings is 1. The van der Waals surface area contributed by atoms with Crippen LogP contribution in [0.15, 0.2) is 67.0 Å². The van der Waals surface area contributed by atoms with Crippen LogP contribution in [0.25, 0.3) is 11.3 Å². The van der Waals surface area contributed by atoms with Crippen LogP contribution in [0.1, 0.15) is 21.5 Å². The number of nitrogens with one attached hydrogen (secondary N) is 2. The van der Waals surface area contributed by atoms with E-state index in [1.807, 2.05) is 19.0 Å². The zero-order chi connectivity index (χ0) is 27.4. The second-order valence-corrected chi connectivity index (χ2v) is 10.9. The van der Waals surface area contributed by atoms with Crippen LogP contribution in [0.4, 0.5) is 17.1 Å². The Morgan fingerprint density at radius 3 is 2.29 bits per heavy atom. The van der Waals surface area contributed by atoms with E-state index in [0.29, 0.717) is 52.5 Å². The first-order valence-electron chi connectivity index (χ1n) is 11.8. The van der Waals surface area contributed by atoms with Gasteiger partial charge in [-0.2, -0.15) is 0 Å². The second kappa shape index (κ2) is 11.0. The SMILES string of the molecule is COC(=O)c1ccc2c(c1)NC(=O)C2=C(Nc1ccc(N(CCN(C)C)S(C)(=O)=O)cc1)c1ccncc1. The van der Waals surface area contributed by atoms with Crippen molar-refractivity contribution in [1.29, 1.82) is 0 Å². The average molecular weight is 536 g/mol. The fraction of sp³-hybridized carbons (Fsp3) is 0.222. The Hall–Kier alpha value is -4.22. The van der Waals surface area contributed by atoms with E-state index in [4.69, 9.17) is 4.74 Å². The van der Waals surface area contributed by atoms with Gasteiger partial charge >= 0.3 is 5.97 Å². The van der Waals surface area contributed by atoms with Crippen LogP contribution >= 0.6 is 0 Å². The van der Waals surface area contributed by atoms with Crippen molar-refractivity contribution < 1.29 is 22.7 Å². The minimum atomic E-state index is -3.47. The Balaban J connectivity index is 1.73. The number of nitrogens with zero attached hydrogens (tertiary/aromatic N) is 3. The summed E-state index contributed by atoms with van der Waals surface area (Å²) in [4.78, 5) is 31.1. The number of hydrogen-bond donors (Lipinski definition) is 2. The van der Waals surface area contributed by atoms with Gasteiger partial charge in [0.2, 0.25) is 10.0 Å². The summed E-state index contributed by atoms with van der Waals surface area (Å²) < 4.78 is 31.0. The fourth-order valence-electron chi connectivity index (χ4n) is 4.10. The summed E-state index contributed by atoms with van der Waals surface area (Å²) in [7, 11) is 1.59. The molecule has 0 fully saturated rings. The van der Waals surface area contributed by atoms with Gasteiger partial charge in [-0.25, -0.2) is 13.2 Å². The number of hydrogen-bond acceptors (Lipinski definition) is 8. The van der Waals surface area contributed by atoms with Crippen LogP contribution in [-0.2, 0) is 19.6 Å². The number of rotatable bonds is 9. The Bertz CT molecular complexity index is 1490. The monoisotopic (exact) mass is 535 g/mol. The summed E-state index contributed by atoms with van der Waals surface area (Å²) in [6.45, 7) is 0.882. The van der Waals surface area contributed by atoms with Gasteiger partial charge in [0.1, 0.15) is 0 Å². The number of likely N-dealkylation sites (N-methyl/N-ethyl adjacent to an activating group) is 1. The number of amides is 1. The molecule has 0 saturated carbocycles. The summed E-state index contributed by atoms with van der Waals surface area (Å²) in [5.74, 6) is -0.828. The number of ether oxygens (including phenoxy) is 1. The lowest BCUT2D eigenvalue weighted by molar-refractivity contribution is -0.110. The highest BCUT2D eigenvalue weighted by Gasteiger charge is 2.29. The summed E-state index contributed by atoms with van der Waals surface area (Å²) >= 11 is 0. The van der Waals surface area contributed by atoms with Crippen LogP contribution in [0, 0.1) is 0 Å². The first-order chi connectivity index (χ1) is 18.1. The third kappa shape index (κ3) is 5.84. The number of fused-ring (bicyclic) bond motifs is 1. The third-order valence-corrected chi connectivity index (χ3v) is 7.17. The van der Waals surface area contributed by atoms with Crippen molar-refractivity contribution >= 4 is 50.2 Å². The highest BCUT2D eigenvalue weighted by molar-refractivity contribution is 7.92. The van der Waals surface area contributed by atoms with Crippen molar-refractivity contribution in [2.75, 3.05) is 55.5 Å². The van der Waals surface area contributed by atoms with E-state index in [2.05, 4.69) is 15.6 Å². The quantitative estimate of drug-likeness (QED) is 0.317. The normalized spacial score (nSPS) is 14.1. The van der Waals surface area contributed by atoms with Gasteiger partial charge < -0.3 is 20.3 Å². The van der Waals surface area contributed by atoms with Crippen molar-refractivity contribution in [2.45, 2.75) is 0 Å². The molecule has 2 heterocycles. The van der Waals surface area contributed by atoms with E-state index in [-0.39, 0.29) is 5.91 Å². The van der Waals surface area contributed by atoms with Gasteiger partial charge in [-0.05, 0) is 62.6 Å². The molecule has 1 aromatic heterocycles. The number of esters is 1.